The molecule has 2 aliphatic rings. The minimum Gasteiger partial charge on any atom is -0.486 e. The van der Waals surface area contributed by atoms with Crippen LogP contribution in [0.15, 0.2) is 16.6 Å². The Balaban J connectivity index is 1.87. The highest BCUT2D eigenvalue weighted by Crippen LogP contribution is 2.26. The fourth-order valence-corrected chi connectivity index (χ4v) is 2.95. The van der Waals surface area contributed by atoms with E-state index in [-0.39, 0.29) is 18.3 Å². The van der Waals surface area contributed by atoms with E-state index in [2.05, 4.69) is 11.0 Å². The Bertz CT molecular complexity index is 618. The molecule has 0 fully saturated rings. The highest BCUT2D eigenvalue weighted by molar-refractivity contribution is 5.06. The zero-order valence-electron chi connectivity index (χ0n) is 11.5. The van der Waals surface area contributed by atoms with Crippen LogP contribution >= 0.6 is 0 Å². The average molecular weight is 273 g/mol. The smallest absolute Gasteiger partial charge is 0.346 e. The Labute approximate surface area is 118 Å². The third-order valence-corrected chi connectivity index (χ3v) is 3.95. The maximum Gasteiger partial charge on any atom is 0.346 e. The number of fused-ring (bicyclic) bond motifs is 1. The molecule has 0 saturated carbocycles. The fraction of sp³-hybridized carbons (Fsp3) is 0.600. The SMILES string of the molecule is C#CCOC1=CC(n2nc3n(c2=O)CCCC3)CCC1. The highest BCUT2D eigenvalue weighted by Gasteiger charge is 2.23. The topological polar surface area (TPSA) is 49.0 Å². The second-order valence-corrected chi connectivity index (χ2v) is 5.34. The summed E-state index contributed by atoms with van der Waals surface area (Å²) in [4.78, 5) is 12.4. The molecule has 3 rings (SSSR count). The van der Waals surface area contributed by atoms with Crippen molar-refractivity contribution in [1.29, 1.82) is 0 Å². The molecule has 5 nitrogen and oxygen atoms in total. The number of nitrogens with zero attached hydrogens (tertiary/aromatic N) is 3. The van der Waals surface area contributed by atoms with Crippen molar-refractivity contribution in [3.63, 3.8) is 0 Å². The van der Waals surface area contributed by atoms with E-state index in [0.29, 0.717) is 0 Å². The van der Waals surface area contributed by atoms with Crippen LogP contribution in [0.5, 0.6) is 0 Å². The Morgan fingerprint density at radius 2 is 2.30 bits per heavy atom. The van der Waals surface area contributed by atoms with Gasteiger partial charge in [-0.25, -0.2) is 9.48 Å². The molecule has 0 radical (unpaired) electrons. The van der Waals surface area contributed by atoms with Gasteiger partial charge in [-0.2, -0.15) is 5.10 Å². The number of terminal acetylenes is 1. The van der Waals surface area contributed by atoms with E-state index >= 15 is 0 Å². The van der Waals surface area contributed by atoms with Crippen molar-refractivity contribution in [3.8, 4) is 12.3 Å². The number of ether oxygens (including phenoxy) is 1. The molecule has 2 heterocycles. The van der Waals surface area contributed by atoms with Crippen molar-refractivity contribution in [3.05, 3.63) is 28.1 Å². The lowest BCUT2D eigenvalue weighted by Crippen LogP contribution is -2.29. The molecule has 1 aromatic rings. The highest BCUT2D eigenvalue weighted by atomic mass is 16.5. The van der Waals surface area contributed by atoms with Crippen LogP contribution < -0.4 is 5.69 Å². The molecular weight excluding hydrogens is 254 g/mol. The standard InChI is InChI=1S/C15H19N3O2/c1-2-10-20-13-7-5-6-12(11-13)18-15(19)17-9-4-3-8-14(17)16-18/h1,11-12H,3-10H2. The van der Waals surface area contributed by atoms with E-state index in [4.69, 9.17) is 11.2 Å². The third-order valence-electron chi connectivity index (χ3n) is 3.95. The zero-order valence-corrected chi connectivity index (χ0v) is 11.5. The van der Waals surface area contributed by atoms with Gasteiger partial charge in [0.25, 0.3) is 0 Å². The maximum atomic E-state index is 12.4. The van der Waals surface area contributed by atoms with E-state index < -0.39 is 0 Å². The molecule has 0 saturated heterocycles. The van der Waals surface area contributed by atoms with Gasteiger partial charge in [-0.3, -0.25) is 4.57 Å². The van der Waals surface area contributed by atoms with Crippen LogP contribution in [0.4, 0.5) is 0 Å². The van der Waals surface area contributed by atoms with Gasteiger partial charge >= 0.3 is 5.69 Å². The summed E-state index contributed by atoms with van der Waals surface area (Å²) < 4.78 is 8.94. The molecule has 1 aliphatic heterocycles. The zero-order chi connectivity index (χ0) is 13.9. The fourth-order valence-electron chi connectivity index (χ4n) is 2.95. The monoisotopic (exact) mass is 273 g/mol. The number of hydrogen-bond acceptors (Lipinski definition) is 3. The van der Waals surface area contributed by atoms with Gasteiger partial charge < -0.3 is 4.74 Å². The molecule has 0 N–H and O–H groups in total. The number of aryl methyl sites for hydroxylation is 1. The van der Waals surface area contributed by atoms with Crippen LogP contribution in [0.3, 0.4) is 0 Å². The van der Waals surface area contributed by atoms with Gasteiger partial charge in [-0.15, -0.1) is 6.42 Å². The van der Waals surface area contributed by atoms with Gasteiger partial charge in [0.2, 0.25) is 0 Å². The number of hydrogen-bond donors (Lipinski definition) is 0. The van der Waals surface area contributed by atoms with Crippen LogP contribution in [0.1, 0.15) is 44.0 Å². The van der Waals surface area contributed by atoms with Crippen molar-refractivity contribution in [2.45, 2.75) is 51.1 Å². The number of aromatic nitrogens is 3. The lowest BCUT2D eigenvalue weighted by Gasteiger charge is -2.20. The molecular formula is C15H19N3O2. The lowest BCUT2D eigenvalue weighted by atomic mass is 10.0. The second kappa shape index (κ2) is 5.58. The summed E-state index contributed by atoms with van der Waals surface area (Å²) in [5, 5.41) is 4.52. The van der Waals surface area contributed by atoms with Crippen molar-refractivity contribution >= 4 is 0 Å². The predicted octanol–water partition coefficient (Wildman–Crippen LogP) is 1.64. The summed E-state index contributed by atoms with van der Waals surface area (Å²) in [5.41, 5.74) is 0.0131. The Hall–Kier alpha value is -1.96. The molecule has 0 bridgehead atoms. The van der Waals surface area contributed by atoms with Crippen LogP contribution in [0.2, 0.25) is 0 Å². The molecule has 1 aromatic heterocycles. The van der Waals surface area contributed by atoms with Crippen molar-refractivity contribution in [2.24, 2.45) is 0 Å². The van der Waals surface area contributed by atoms with Gasteiger partial charge in [0.1, 0.15) is 12.4 Å². The molecule has 1 aliphatic carbocycles. The molecule has 1 atom stereocenters. The van der Waals surface area contributed by atoms with Gasteiger partial charge in [-0.05, 0) is 31.8 Å². The minimum atomic E-state index is 0.00197. The van der Waals surface area contributed by atoms with Gasteiger partial charge in [-0.1, -0.05) is 5.92 Å². The first-order chi connectivity index (χ1) is 9.79. The van der Waals surface area contributed by atoms with E-state index in [1.165, 1.54) is 0 Å². The van der Waals surface area contributed by atoms with Crippen LogP contribution in [0, 0.1) is 12.3 Å². The van der Waals surface area contributed by atoms with Gasteiger partial charge in [0.05, 0.1) is 11.8 Å². The average Bonchev–Trinajstić information content (AvgIpc) is 2.83. The summed E-state index contributed by atoms with van der Waals surface area (Å²) in [6.45, 7) is 1.08. The van der Waals surface area contributed by atoms with E-state index in [9.17, 15) is 4.79 Å². The maximum absolute atomic E-state index is 12.4. The molecule has 20 heavy (non-hydrogen) atoms. The Morgan fingerprint density at radius 1 is 1.40 bits per heavy atom. The van der Waals surface area contributed by atoms with E-state index in [0.717, 1.165) is 56.7 Å². The van der Waals surface area contributed by atoms with Crippen molar-refractivity contribution in [2.75, 3.05) is 6.61 Å². The number of rotatable bonds is 3. The molecule has 0 amide bonds. The van der Waals surface area contributed by atoms with Crippen LogP contribution in [-0.4, -0.2) is 21.0 Å². The summed E-state index contributed by atoms with van der Waals surface area (Å²) in [6, 6.07) is 0.00197. The quantitative estimate of drug-likeness (QED) is 0.787. The van der Waals surface area contributed by atoms with Gasteiger partial charge in [0, 0.05) is 19.4 Å². The van der Waals surface area contributed by atoms with Crippen LogP contribution in [-0.2, 0) is 17.7 Å². The van der Waals surface area contributed by atoms with E-state index in [1.54, 1.807) is 4.68 Å². The lowest BCUT2D eigenvalue weighted by molar-refractivity contribution is 0.224. The second-order valence-electron chi connectivity index (χ2n) is 5.34. The molecule has 1 unspecified atom stereocenters. The summed E-state index contributed by atoms with van der Waals surface area (Å²) >= 11 is 0. The van der Waals surface area contributed by atoms with Crippen molar-refractivity contribution < 1.29 is 4.74 Å². The normalized spacial score (nSPS) is 21.8. The molecule has 106 valence electrons. The predicted molar refractivity (Wildman–Crippen MR) is 75.2 cm³/mol. The minimum absolute atomic E-state index is 0.00197. The molecule has 5 heteroatoms. The van der Waals surface area contributed by atoms with E-state index in [1.807, 2.05) is 10.6 Å². The van der Waals surface area contributed by atoms with Gasteiger partial charge in [0.15, 0.2) is 0 Å². The first-order valence-corrected chi connectivity index (χ1v) is 7.25. The Morgan fingerprint density at radius 3 is 3.10 bits per heavy atom. The Kier molecular flexibility index (Phi) is 3.64. The summed E-state index contributed by atoms with van der Waals surface area (Å²) in [5.74, 6) is 4.28. The largest absolute Gasteiger partial charge is 0.486 e. The molecule has 0 aromatic carbocycles. The summed E-state index contributed by atoms with van der Waals surface area (Å²) in [7, 11) is 0. The summed E-state index contributed by atoms with van der Waals surface area (Å²) in [6.07, 6.45) is 13.1. The third kappa shape index (κ3) is 2.38. The van der Waals surface area contributed by atoms with Crippen molar-refractivity contribution in [1.82, 2.24) is 14.3 Å². The molecule has 0 spiro atoms. The first kappa shape index (κ1) is 13.0. The first-order valence-electron chi connectivity index (χ1n) is 7.25. The van der Waals surface area contributed by atoms with Crippen LogP contribution in [0.25, 0.3) is 0 Å². The number of allylic oxidation sites excluding steroid dienone is 2.